The van der Waals surface area contributed by atoms with E-state index in [1.165, 1.54) is 12.1 Å². The van der Waals surface area contributed by atoms with Crippen LogP contribution < -0.4 is 0 Å². The van der Waals surface area contributed by atoms with Gasteiger partial charge in [0.1, 0.15) is 5.57 Å². The quantitative estimate of drug-likeness (QED) is 0.120. The molecule has 0 saturated carbocycles. The molecule has 54 heavy (non-hydrogen) atoms. The molecule has 0 unspecified atom stereocenters. The lowest BCUT2D eigenvalue weighted by Gasteiger charge is -2.34. The van der Waals surface area contributed by atoms with E-state index in [9.17, 15) is 0 Å². The van der Waals surface area contributed by atoms with Crippen LogP contribution in [0.2, 0.25) is 0 Å². The zero-order valence-corrected chi connectivity index (χ0v) is 28.7. The second-order valence-corrected chi connectivity index (χ2v) is 13.4. The molecule has 7 aromatic rings. The van der Waals surface area contributed by atoms with Gasteiger partial charge in [0.05, 0.1) is 5.57 Å². The maximum absolute atomic E-state index is 18.0. The molecule has 2 nitrogen and oxygen atoms in total. The molecule has 2 aliphatic rings. The molecule has 2 aliphatic heterocycles. The Kier molecular flexibility index (Phi) is 7.92. The number of nitrogens with zero attached hydrogens (tertiary/aromatic N) is 2. The van der Waals surface area contributed by atoms with Gasteiger partial charge < -0.3 is 17.6 Å². The molecule has 0 amide bonds. The molecule has 0 fully saturated rings. The number of halogens is 5. The van der Waals surface area contributed by atoms with Crippen LogP contribution in [0.4, 0.5) is 21.8 Å². The maximum Gasteiger partial charge on any atom is 0.737 e. The van der Waals surface area contributed by atoms with Crippen molar-refractivity contribution in [2.45, 2.75) is 6.18 Å². The Balaban J connectivity index is 1.33. The van der Waals surface area contributed by atoms with Crippen LogP contribution in [0.15, 0.2) is 188 Å². The summed E-state index contributed by atoms with van der Waals surface area (Å²) in [4.78, 5) is 0. The number of hydrogen-bond donors (Lipinski definition) is 0. The van der Waals surface area contributed by atoms with E-state index in [0.29, 0.717) is 31.2 Å². The predicted molar refractivity (Wildman–Crippen MR) is 208 cm³/mol. The molecule has 262 valence electrons. The second-order valence-electron chi connectivity index (χ2n) is 13.4. The van der Waals surface area contributed by atoms with Gasteiger partial charge in [0, 0.05) is 28.6 Å². The molecule has 1 aromatic heterocycles. The third-order valence-electron chi connectivity index (χ3n) is 10.2. The van der Waals surface area contributed by atoms with Gasteiger partial charge >= 0.3 is 13.1 Å². The summed E-state index contributed by atoms with van der Waals surface area (Å²) < 4.78 is 84.2. The van der Waals surface area contributed by atoms with Crippen LogP contribution in [0.25, 0.3) is 55.8 Å². The van der Waals surface area contributed by atoms with Gasteiger partial charge in [-0.25, -0.2) is 0 Å². The van der Waals surface area contributed by atoms with Gasteiger partial charge in [-0.1, -0.05) is 158 Å². The first kappa shape index (κ1) is 33.3. The Bertz CT molecular complexity index is 2610. The smallest absolute Gasteiger partial charge is 0.389 e. The van der Waals surface area contributed by atoms with E-state index in [1.54, 1.807) is 84.9 Å². The molecule has 0 bridgehead atoms. The van der Waals surface area contributed by atoms with E-state index in [4.69, 9.17) is 0 Å². The lowest BCUT2D eigenvalue weighted by Crippen LogP contribution is -2.52. The van der Waals surface area contributed by atoms with Crippen LogP contribution in [0.1, 0.15) is 16.8 Å². The summed E-state index contributed by atoms with van der Waals surface area (Å²) in [5.41, 5.74) is 3.67. The van der Waals surface area contributed by atoms with Crippen molar-refractivity contribution in [3.05, 3.63) is 205 Å². The van der Waals surface area contributed by atoms with Crippen molar-refractivity contribution >= 4 is 23.8 Å². The van der Waals surface area contributed by atoms with Gasteiger partial charge in [0.15, 0.2) is 11.4 Å². The molecular formula is C46H30BF5N2. The van der Waals surface area contributed by atoms with E-state index in [-0.39, 0.29) is 22.5 Å². The normalized spacial score (nSPS) is 14.9. The van der Waals surface area contributed by atoms with Gasteiger partial charge in [-0.2, -0.15) is 13.2 Å². The molecule has 0 saturated heterocycles. The Morgan fingerprint density at radius 3 is 1.35 bits per heavy atom. The highest BCUT2D eigenvalue weighted by atomic mass is 19.4. The van der Waals surface area contributed by atoms with Crippen molar-refractivity contribution < 1.29 is 26.3 Å². The summed E-state index contributed by atoms with van der Waals surface area (Å²) in [7, 11) is 0. The van der Waals surface area contributed by atoms with Crippen LogP contribution in [0.5, 0.6) is 0 Å². The number of rotatable bonds is 6. The topological polar surface area (TPSA) is 7.94 Å². The second kappa shape index (κ2) is 12.8. The summed E-state index contributed by atoms with van der Waals surface area (Å²) in [5, 5.41) is 0. The van der Waals surface area contributed by atoms with Gasteiger partial charge in [0.25, 0.3) is 0 Å². The molecule has 3 heterocycles. The summed E-state index contributed by atoms with van der Waals surface area (Å²) >= 11 is 0. The highest BCUT2D eigenvalue weighted by molar-refractivity contribution is 6.60. The minimum absolute atomic E-state index is 0.00792. The maximum atomic E-state index is 18.0. The van der Waals surface area contributed by atoms with Crippen molar-refractivity contribution in [1.82, 2.24) is 4.48 Å². The molecule has 0 radical (unpaired) electrons. The van der Waals surface area contributed by atoms with Crippen LogP contribution in [-0.2, 0) is 0 Å². The number of allylic oxidation sites excluding steroid dienone is 3. The molecular weight excluding hydrogens is 686 g/mol. The first-order valence-electron chi connectivity index (χ1n) is 17.6. The average Bonchev–Trinajstić information content (AvgIpc) is 3.81. The van der Waals surface area contributed by atoms with Crippen molar-refractivity contribution in [2.75, 3.05) is 0 Å². The van der Waals surface area contributed by atoms with Crippen molar-refractivity contribution in [2.24, 2.45) is 0 Å². The zero-order valence-electron chi connectivity index (χ0n) is 28.7. The third-order valence-corrected chi connectivity index (χ3v) is 10.2. The van der Waals surface area contributed by atoms with Crippen LogP contribution in [0.3, 0.4) is 0 Å². The summed E-state index contributed by atoms with van der Waals surface area (Å²) in [5.74, 6) is 0. The number of benzene rings is 6. The van der Waals surface area contributed by atoms with E-state index < -0.39 is 30.1 Å². The van der Waals surface area contributed by atoms with Gasteiger partial charge in [-0.15, -0.1) is 0 Å². The minimum atomic E-state index is -4.98. The molecule has 0 aliphatic carbocycles. The van der Waals surface area contributed by atoms with Gasteiger partial charge in [-0.3, -0.25) is 0 Å². The fraction of sp³-hybridized carbons (Fsp3) is 0.0217. The number of aromatic nitrogens is 1. The molecule has 9 rings (SSSR count). The molecule has 0 N–H and O–H groups in total. The highest BCUT2D eigenvalue weighted by Gasteiger charge is 2.60. The van der Waals surface area contributed by atoms with Crippen LogP contribution in [-0.4, -0.2) is 27.8 Å². The molecule has 0 spiro atoms. The average molecular weight is 717 g/mol. The van der Waals surface area contributed by atoms with E-state index in [0.717, 1.165) is 22.3 Å². The number of fused-ring (bicyclic) bond motifs is 2. The monoisotopic (exact) mass is 716 g/mol. The molecule has 0 atom stereocenters. The van der Waals surface area contributed by atoms with E-state index in [2.05, 4.69) is 0 Å². The van der Waals surface area contributed by atoms with Crippen molar-refractivity contribution in [1.29, 1.82) is 0 Å². The lowest BCUT2D eigenvalue weighted by molar-refractivity contribution is -0.362. The number of alkyl halides is 3. The van der Waals surface area contributed by atoms with Gasteiger partial charge in [-0.05, 0) is 57.1 Å². The van der Waals surface area contributed by atoms with Crippen molar-refractivity contribution in [3.8, 4) is 44.6 Å². The van der Waals surface area contributed by atoms with Crippen LogP contribution in [0, 0.1) is 0 Å². The Labute approximate surface area is 309 Å². The summed E-state index contributed by atoms with van der Waals surface area (Å²) in [6.07, 6.45) is -3.70. The lowest BCUT2D eigenvalue weighted by atomic mass is 9.86. The SMILES string of the molecule is F[B-]1(F)n2c(cc(-c3ccccc3)c2-c2ccc(-c3ccccc3)cc2)C(C(F)(F)F)=C2C=C(c3ccccc3)C(c3ccc(-c4ccccc4)cc3)=[N+]21. The first-order valence-corrected chi connectivity index (χ1v) is 17.6. The predicted octanol–water partition coefficient (Wildman–Crippen LogP) is 12.3. The summed E-state index contributed by atoms with van der Waals surface area (Å²) in [6.45, 7) is -4.93. The minimum Gasteiger partial charge on any atom is -0.389 e. The highest BCUT2D eigenvalue weighted by Crippen LogP contribution is 2.51. The summed E-state index contributed by atoms with van der Waals surface area (Å²) in [6, 6.07) is 52.1. The first-order chi connectivity index (χ1) is 26.2. The molecule has 6 aromatic carbocycles. The van der Waals surface area contributed by atoms with Crippen molar-refractivity contribution in [3.63, 3.8) is 0 Å². The van der Waals surface area contributed by atoms with Gasteiger partial charge in [0.2, 0.25) is 0 Å². The Morgan fingerprint density at radius 1 is 0.463 bits per heavy atom. The van der Waals surface area contributed by atoms with E-state index in [1.807, 2.05) is 84.9 Å². The number of hydrogen-bond acceptors (Lipinski definition) is 0. The fourth-order valence-electron chi connectivity index (χ4n) is 7.78. The third kappa shape index (κ3) is 5.53. The Hall–Kier alpha value is -6.54. The van der Waals surface area contributed by atoms with E-state index >= 15 is 21.8 Å². The fourth-order valence-corrected chi connectivity index (χ4v) is 7.78. The Morgan fingerprint density at radius 2 is 0.870 bits per heavy atom. The molecule has 8 heteroatoms. The van der Waals surface area contributed by atoms with Crippen LogP contribution >= 0.6 is 0 Å². The zero-order chi connectivity index (χ0) is 37.0. The largest absolute Gasteiger partial charge is 0.737 e. The standard InChI is InChI=1S/C46H30BF5N2/c48-46(49,50)43-41-29-39(35-17-9-3-10-18-35)44(37-25-21-33(22-26-37)31-13-5-1-6-14-31)53(41)47(51,52)54-42(43)30-40(36-19-11-4-12-20-36)45(54)38-27-23-34(24-28-38)32-15-7-2-8-16-32/h1-30H.